The molecule has 0 bridgehead atoms. The molecule has 0 saturated carbocycles. The highest BCUT2D eigenvalue weighted by Gasteiger charge is 2.20. The Morgan fingerprint density at radius 2 is 2.10 bits per heavy atom. The van der Waals surface area contributed by atoms with Gasteiger partial charge in [-0.1, -0.05) is 12.1 Å². The van der Waals surface area contributed by atoms with Crippen molar-refractivity contribution >= 4 is 10.0 Å². The minimum atomic E-state index is -3.69. The van der Waals surface area contributed by atoms with E-state index < -0.39 is 22.2 Å². The van der Waals surface area contributed by atoms with Crippen LogP contribution in [0.3, 0.4) is 0 Å². The predicted octanol–water partition coefficient (Wildman–Crippen LogP) is 0.897. The number of rotatable bonds is 5. The van der Waals surface area contributed by atoms with Crippen molar-refractivity contribution in [2.45, 2.75) is 30.9 Å². The van der Waals surface area contributed by atoms with Gasteiger partial charge in [-0.25, -0.2) is 18.1 Å². The first kappa shape index (κ1) is 14.6. The van der Waals surface area contributed by atoms with Crippen LogP contribution in [0.2, 0.25) is 0 Å². The normalized spacial score (nSPS) is 14.9. The number of sulfonamides is 1. The summed E-state index contributed by atoms with van der Waals surface area (Å²) in [6, 6.07) is 5.65. The lowest BCUT2D eigenvalue weighted by atomic mass is 10.1. The Morgan fingerprint density at radius 1 is 1.35 bits per heavy atom. The lowest BCUT2D eigenvalue weighted by Crippen LogP contribution is -2.27. The predicted molar refractivity (Wildman–Crippen MR) is 72.2 cm³/mol. The van der Waals surface area contributed by atoms with Gasteiger partial charge in [0.1, 0.15) is 12.2 Å². The second kappa shape index (κ2) is 5.70. The number of benzene rings is 1. The average Bonchev–Trinajstić information content (AvgIpc) is 2.92. The molecule has 2 atom stereocenters. The number of nitrogens with one attached hydrogen (secondary N) is 2. The highest BCUT2D eigenvalue weighted by Crippen LogP contribution is 2.18. The largest absolute Gasteiger partial charge is 0.389 e. The van der Waals surface area contributed by atoms with Crippen molar-refractivity contribution in [1.29, 1.82) is 0 Å². The average molecular weight is 296 g/mol. The van der Waals surface area contributed by atoms with Crippen molar-refractivity contribution in [3.05, 3.63) is 42.0 Å². The van der Waals surface area contributed by atoms with E-state index in [4.69, 9.17) is 0 Å². The van der Waals surface area contributed by atoms with Crippen LogP contribution in [0, 0.1) is 0 Å². The zero-order valence-electron chi connectivity index (χ0n) is 11.1. The number of hydrogen-bond acceptors (Lipinski definition) is 5. The molecule has 3 N–H and O–H groups in total. The van der Waals surface area contributed by atoms with Crippen LogP contribution in [-0.2, 0) is 10.0 Å². The maximum absolute atomic E-state index is 12.3. The first-order valence-electron chi connectivity index (χ1n) is 6.06. The van der Waals surface area contributed by atoms with Gasteiger partial charge in [-0.3, -0.25) is 5.10 Å². The van der Waals surface area contributed by atoms with Crippen LogP contribution in [-0.4, -0.2) is 28.7 Å². The molecule has 0 aliphatic rings. The van der Waals surface area contributed by atoms with Gasteiger partial charge in [0.25, 0.3) is 0 Å². The number of aromatic amines is 1. The van der Waals surface area contributed by atoms with E-state index in [9.17, 15) is 13.5 Å². The summed E-state index contributed by atoms with van der Waals surface area (Å²) in [5.41, 5.74) is 0.542. The third-order valence-electron chi connectivity index (χ3n) is 2.83. The molecule has 8 heteroatoms. The van der Waals surface area contributed by atoms with Crippen LogP contribution in [0.1, 0.15) is 37.4 Å². The summed E-state index contributed by atoms with van der Waals surface area (Å²) in [6.45, 7) is 3.24. The van der Waals surface area contributed by atoms with E-state index in [0.29, 0.717) is 11.4 Å². The molecule has 1 aromatic carbocycles. The standard InChI is InChI=1S/C12H16N4O3S/c1-8(12-13-7-14-15-12)16-20(18,19)11-5-3-4-10(6-11)9(2)17/h3-9,16-17H,1-2H3,(H,13,14,15). The quantitative estimate of drug-likeness (QED) is 0.759. The van der Waals surface area contributed by atoms with E-state index in [1.807, 2.05) is 0 Å². The second-order valence-corrected chi connectivity index (χ2v) is 6.18. The summed E-state index contributed by atoms with van der Waals surface area (Å²) in [5.74, 6) is 0.431. The minimum Gasteiger partial charge on any atom is -0.389 e. The molecule has 0 spiro atoms. The minimum absolute atomic E-state index is 0.0993. The molecule has 0 amide bonds. The van der Waals surface area contributed by atoms with Gasteiger partial charge in [0.15, 0.2) is 0 Å². The van der Waals surface area contributed by atoms with Crippen molar-refractivity contribution in [3.63, 3.8) is 0 Å². The van der Waals surface area contributed by atoms with Crippen LogP contribution < -0.4 is 4.72 Å². The van der Waals surface area contributed by atoms with Crippen molar-refractivity contribution < 1.29 is 13.5 Å². The number of aromatic nitrogens is 3. The van der Waals surface area contributed by atoms with Crippen LogP contribution in [0.5, 0.6) is 0 Å². The Labute approximate surface area is 117 Å². The molecule has 2 unspecified atom stereocenters. The van der Waals surface area contributed by atoms with E-state index in [-0.39, 0.29) is 4.90 Å². The van der Waals surface area contributed by atoms with Crippen LogP contribution in [0.25, 0.3) is 0 Å². The van der Waals surface area contributed by atoms with Gasteiger partial charge in [-0.05, 0) is 31.5 Å². The molecule has 7 nitrogen and oxygen atoms in total. The number of H-pyrrole nitrogens is 1. The maximum Gasteiger partial charge on any atom is 0.241 e. The smallest absolute Gasteiger partial charge is 0.241 e. The fourth-order valence-electron chi connectivity index (χ4n) is 1.72. The number of aliphatic hydroxyl groups is 1. The Balaban J connectivity index is 2.24. The Bertz CT molecular complexity index is 668. The first-order valence-corrected chi connectivity index (χ1v) is 7.54. The van der Waals surface area contributed by atoms with Gasteiger partial charge >= 0.3 is 0 Å². The topological polar surface area (TPSA) is 108 Å². The van der Waals surface area contributed by atoms with Gasteiger partial charge in [0.2, 0.25) is 10.0 Å². The second-order valence-electron chi connectivity index (χ2n) is 4.46. The van der Waals surface area contributed by atoms with E-state index in [2.05, 4.69) is 19.9 Å². The van der Waals surface area contributed by atoms with Crippen LogP contribution in [0.4, 0.5) is 0 Å². The summed E-state index contributed by atoms with van der Waals surface area (Å²) < 4.78 is 27.0. The summed E-state index contributed by atoms with van der Waals surface area (Å²) in [6.07, 6.45) is 0.589. The molecule has 0 aliphatic heterocycles. The van der Waals surface area contributed by atoms with Crippen molar-refractivity contribution in [3.8, 4) is 0 Å². The molecule has 2 aromatic rings. The molecule has 0 radical (unpaired) electrons. The molecule has 0 aliphatic carbocycles. The molecular weight excluding hydrogens is 280 g/mol. The first-order chi connectivity index (χ1) is 9.40. The summed E-state index contributed by atoms with van der Waals surface area (Å²) in [4.78, 5) is 4.01. The van der Waals surface area contributed by atoms with E-state index in [1.54, 1.807) is 26.0 Å². The summed E-state index contributed by atoms with van der Waals surface area (Å²) in [5, 5.41) is 15.8. The number of hydrogen-bond donors (Lipinski definition) is 3. The highest BCUT2D eigenvalue weighted by molar-refractivity contribution is 7.89. The van der Waals surface area contributed by atoms with Crippen LogP contribution in [0.15, 0.2) is 35.5 Å². The highest BCUT2D eigenvalue weighted by atomic mass is 32.2. The molecule has 0 saturated heterocycles. The molecule has 1 aromatic heterocycles. The molecule has 108 valence electrons. The van der Waals surface area contributed by atoms with E-state index >= 15 is 0 Å². The lowest BCUT2D eigenvalue weighted by molar-refractivity contribution is 0.199. The lowest BCUT2D eigenvalue weighted by Gasteiger charge is -2.13. The maximum atomic E-state index is 12.3. The molecule has 0 fully saturated rings. The van der Waals surface area contributed by atoms with Crippen molar-refractivity contribution in [2.24, 2.45) is 0 Å². The monoisotopic (exact) mass is 296 g/mol. The van der Waals surface area contributed by atoms with E-state index in [0.717, 1.165) is 0 Å². The van der Waals surface area contributed by atoms with Crippen LogP contribution >= 0.6 is 0 Å². The van der Waals surface area contributed by atoms with Gasteiger partial charge in [0, 0.05) is 0 Å². The summed E-state index contributed by atoms with van der Waals surface area (Å²) in [7, 11) is -3.69. The number of nitrogens with zero attached hydrogens (tertiary/aromatic N) is 2. The van der Waals surface area contributed by atoms with Gasteiger partial charge < -0.3 is 5.11 Å². The zero-order valence-corrected chi connectivity index (χ0v) is 11.9. The third kappa shape index (κ3) is 3.21. The molecule has 20 heavy (non-hydrogen) atoms. The third-order valence-corrected chi connectivity index (χ3v) is 4.36. The van der Waals surface area contributed by atoms with E-state index in [1.165, 1.54) is 18.5 Å². The van der Waals surface area contributed by atoms with Gasteiger partial charge in [0.05, 0.1) is 17.0 Å². The Morgan fingerprint density at radius 3 is 2.70 bits per heavy atom. The fourth-order valence-corrected chi connectivity index (χ4v) is 2.98. The molecular formula is C12H16N4O3S. The Kier molecular flexibility index (Phi) is 4.17. The Hall–Kier alpha value is -1.77. The van der Waals surface area contributed by atoms with Gasteiger partial charge in [-0.15, -0.1) is 0 Å². The summed E-state index contributed by atoms with van der Waals surface area (Å²) >= 11 is 0. The zero-order chi connectivity index (χ0) is 14.8. The molecule has 1 heterocycles. The van der Waals surface area contributed by atoms with Gasteiger partial charge in [-0.2, -0.15) is 5.10 Å². The SMILES string of the molecule is CC(O)c1cccc(S(=O)(=O)NC(C)c2ncn[nH]2)c1. The van der Waals surface area contributed by atoms with Crippen molar-refractivity contribution in [1.82, 2.24) is 19.9 Å². The molecule has 2 rings (SSSR count). The number of aliphatic hydroxyl groups excluding tert-OH is 1. The fraction of sp³-hybridized carbons (Fsp3) is 0.333. The van der Waals surface area contributed by atoms with Crippen molar-refractivity contribution in [2.75, 3.05) is 0 Å².